The summed E-state index contributed by atoms with van der Waals surface area (Å²) < 4.78 is 10.7. The highest BCUT2D eigenvalue weighted by molar-refractivity contribution is 5.81. The van der Waals surface area contributed by atoms with Crippen molar-refractivity contribution in [2.75, 3.05) is 24.7 Å². The van der Waals surface area contributed by atoms with Gasteiger partial charge in [-0.2, -0.15) is 0 Å². The van der Waals surface area contributed by atoms with Gasteiger partial charge in [-0.1, -0.05) is 18.9 Å². The molecule has 0 saturated heterocycles. The first-order valence-electron chi connectivity index (χ1n) is 7.03. The fraction of sp³-hybridized carbons (Fsp3) is 0.438. The zero-order chi connectivity index (χ0) is 15.2. The maximum Gasteiger partial charge on any atom is 0.329 e. The van der Waals surface area contributed by atoms with Crippen LogP contribution in [0.25, 0.3) is 0 Å². The van der Waals surface area contributed by atoms with Crippen molar-refractivity contribution in [2.24, 2.45) is 5.73 Å². The number of terminal acetylenes is 1. The molecule has 1 unspecified atom stereocenters. The van der Waals surface area contributed by atoms with Gasteiger partial charge in [0.15, 0.2) is 6.61 Å². The van der Waals surface area contributed by atoms with Crippen molar-refractivity contribution in [2.45, 2.75) is 25.9 Å². The third kappa shape index (κ3) is 3.29. The zero-order valence-electron chi connectivity index (χ0n) is 12.2. The van der Waals surface area contributed by atoms with E-state index in [2.05, 4.69) is 5.92 Å². The fourth-order valence-electron chi connectivity index (χ4n) is 2.46. The second-order valence-electron chi connectivity index (χ2n) is 4.78. The summed E-state index contributed by atoms with van der Waals surface area (Å²) in [5.74, 6) is 2.77. The molecule has 0 aromatic heterocycles. The van der Waals surface area contributed by atoms with Crippen LogP contribution in [-0.2, 0) is 16.1 Å². The average molecular weight is 288 g/mol. The summed E-state index contributed by atoms with van der Waals surface area (Å²) in [6.45, 7) is 3.57. The van der Waals surface area contributed by atoms with Crippen LogP contribution in [-0.4, -0.2) is 31.8 Å². The van der Waals surface area contributed by atoms with Crippen LogP contribution in [0.5, 0.6) is 5.75 Å². The van der Waals surface area contributed by atoms with Crippen LogP contribution in [0.2, 0.25) is 0 Å². The minimum atomic E-state index is -0.357. The summed E-state index contributed by atoms with van der Waals surface area (Å²) in [6, 6.07) is 5.44. The van der Waals surface area contributed by atoms with Crippen LogP contribution in [0.4, 0.5) is 5.69 Å². The minimum Gasteiger partial charge on any atom is -0.490 e. The molecule has 2 N–H and O–H groups in total. The van der Waals surface area contributed by atoms with E-state index in [0.29, 0.717) is 26.1 Å². The number of hydrogen-bond acceptors (Lipinski definition) is 5. The Bertz CT molecular complexity index is 551. The Kier molecular flexibility index (Phi) is 5.07. The minimum absolute atomic E-state index is 0.00135. The number of rotatable bonds is 5. The molecule has 1 aliphatic heterocycles. The van der Waals surface area contributed by atoms with E-state index in [0.717, 1.165) is 17.0 Å². The molecule has 0 saturated carbocycles. The fourth-order valence-corrected chi connectivity index (χ4v) is 2.46. The maximum absolute atomic E-state index is 12.1. The summed E-state index contributed by atoms with van der Waals surface area (Å²) in [7, 11) is 0. The lowest BCUT2D eigenvalue weighted by Crippen LogP contribution is -2.46. The second-order valence-corrected chi connectivity index (χ2v) is 4.78. The third-order valence-corrected chi connectivity index (χ3v) is 3.49. The maximum atomic E-state index is 12.1. The number of esters is 1. The summed E-state index contributed by atoms with van der Waals surface area (Å²) >= 11 is 0. The van der Waals surface area contributed by atoms with Crippen molar-refractivity contribution in [1.29, 1.82) is 0 Å². The van der Waals surface area contributed by atoms with E-state index in [1.807, 2.05) is 30.0 Å². The van der Waals surface area contributed by atoms with Crippen LogP contribution in [0, 0.1) is 12.3 Å². The molecule has 1 aliphatic rings. The molecule has 0 bridgehead atoms. The van der Waals surface area contributed by atoms with Gasteiger partial charge in [0.25, 0.3) is 0 Å². The van der Waals surface area contributed by atoms with E-state index in [9.17, 15) is 4.79 Å². The van der Waals surface area contributed by atoms with Gasteiger partial charge in [0, 0.05) is 6.54 Å². The van der Waals surface area contributed by atoms with Crippen molar-refractivity contribution < 1.29 is 14.3 Å². The Balaban J connectivity index is 2.25. The predicted molar refractivity (Wildman–Crippen MR) is 81.0 cm³/mol. The molecule has 0 aliphatic carbocycles. The molecule has 0 radical (unpaired) electrons. The number of fused-ring (bicyclic) bond motifs is 1. The topological polar surface area (TPSA) is 64.8 Å². The van der Waals surface area contributed by atoms with Gasteiger partial charge in [-0.05, 0) is 24.1 Å². The number of anilines is 1. The van der Waals surface area contributed by atoms with Crippen molar-refractivity contribution in [1.82, 2.24) is 0 Å². The third-order valence-electron chi connectivity index (χ3n) is 3.49. The molecule has 1 heterocycles. The first kappa shape index (κ1) is 15.2. The second kappa shape index (κ2) is 7.00. The smallest absolute Gasteiger partial charge is 0.329 e. The summed E-state index contributed by atoms with van der Waals surface area (Å²) in [4.78, 5) is 14.2. The highest BCUT2D eigenvalue weighted by Gasteiger charge is 2.30. The van der Waals surface area contributed by atoms with Gasteiger partial charge in [0.1, 0.15) is 18.4 Å². The van der Waals surface area contributed by atoms with E-state index in [1.165, 1.54) is 0 Å². The molecule has 2 rings (SSSR count). The van der Waals surface area contributed by atoms with Crippen molar-refractivity contribution >= 4 is 11.7 Å². The Morgan fingerprint density at radius 3 is 3.10 bits per heavy atom. The van der Waals surface area contributed by atoms with Crippen LogP contribution in [0.3, 0.4) is 0 Å². The van der Waals surface area contributed by atoms with E-state index >= 15 is 0 Å². The zero-order valence-corrected chi connectivity index (χ0v) is 12.2. The summed E-state index contributed by atoms with van der Waals surface area (Å²) in [6.07, 6.45) is 5.77. The van der Waals surface area contributed by atoms with Crippen LogP contribution < -0.4 is 15.4 Å². The molecular formula is C16H20N2O3. The number of ether oxygens (including phenoxy) is 2. The lowest BCUT2D eigenvalue weighted by atomic mass is 10.1. The largest absolute Gasteiger partial charge is 0.490 e. The Hall–Kier alpha value is -2.19. The van der Waals surface area contributed by atoms with Gasteiger partial charge < -0.3 is 20.1 Å². The molecule has 1 aromatic rings. The molecule has 0 fully saturated rings. The van der Waals surface area contributed by atoms with Crippen molar-refractivity contribution in [3.63, 3.8) is 0 Å². The van der Waals surface area contributed by atoms with Gasteiger partial charge >= 0.3 is 5.97 Å². The molecule has 5 heteroatoms. The number of nitrogens with zero attached hydrogens (tertiary/aromatic N) is 1. The van der Waals surface area contributed by atoms with Gasteiger partial charge in [0.05, 0.1) is 12.2 Å². The van der Waals surface area contributed by atoms with Crippen LogP contribution >= 0.6 is 0 Å². The van der Waals surface area contributed by atoms with Gasteiger partial charge in [0.2, 0.25) is 0 Å². The first-order chi connectivity index (χ1) is 10.2. The van der Waals surface area contributed by atoms with Crippen molar-refractivity contribution in [3.8, 4) is 18.1 Å². The van der Waals surface area contributed by atoms with E-state index in [1.54, 1.807) is 0 Å². The molecule has 5 nitrogen and oxygen atoms in total. The van der Waals surface area contributed by atoms with E-state index in [-0.39, 0.29) is 18.6 Å². The van der Waals surface area contributed by atoms with Gasteiger partial charge in [-0.3, -0.25) is 0 Å². The number of carbonyl (C=O) groups is 1. The number of carbonyl (C=O) groups excluding carboxylic acids is 1. The lowest BCUT2D eigenvalue weighted by Gasteiger charge is -2.36. The first-order valence-corrected chi connectivity index (χ1v) is 7.03. The van der Waals surface area contributed by atoms with E-state index < -0.39 is 0 Å². The molecule has 1 aromatic carbocycles. The molecule has 112 valence electrons. The lowest BCUT2D eigenvalue weighted by molar-refractivity contribution is -0.143. The number of hydrogen-bond donors (Lipinski definition) is 1. The molecular weight excluding hydrogens is 268 g/mol. The van der Waals surface area contributed by atoms with E-state index in [4.69, 9.17) is 21.6 Å². The molecule has 1 atom stereocenters. The quantitative estimate of drug-likeness (QED) is 0.653. The highest BCUT2D eigenvalue weighted by atomic mass is 16.5. The van der Waals surface area contributed by atoms with Gasteiger partial charge in [-0.25, -0.2) is 4.79 Å². The Morgan fingerprint density at radius 1 is 1.62 bits per heavy atom. The standard InChI is InChI=1S/C16H20N2O3/c1-3-8-21-16(19)13(4-2)18-7-9-20-15-10-12(11-17)5-6-14(15)18/h1,5-6,10,13H,4,7-9,11,17H2,2H3. The normalized spacial score (nSPS) is 14.6. The predicted octanol–water partition coefficient (Wildman–Crippen LogP) is 1.30. The highest BCUT2D eigenvalue weighted by Crippen LogP contribution is 2.34. The van der Waals surface area contributed by atoms with Crippen molar-refractivity contribution in [3.05, 3.63) is 23.8 Å². The average Bonchev–Trinajstić information content (AvgIpc) is 2.53. The van der Waals surface area contributed by atoms with Gasteiger partial charge in [-0.15, -0.1) is 6.42 Å². The summed E-state index contributed by atoms with van der Waals surface area (Å²) in [5.41, 5.74) is 7.53. The monoisotopic (exact) mass is 288 g/mol. The molecule has 0 spiro atoms. The van der Waals surface area contributed by atoms with Crippen LogP contribution in [0.15, 0.2) is 18.2 Å². The molecule has 21 heavy (non-hydrogen) atoms. The number of nitrogens with two attached hydrogens (primary N) is 1. The Morgan fingerprint density at radius 2 is 2.43 bits per heavy atom. The number of benzene rings is 1. The summed E-state index contributed by atoms with van der Waals surface area (Å²) in [5, 5.41) is 0. The molecule has 0 amide bonds. The SMILES string of the molecule is C#CCOC(=O)C(CC)N1CCOc2cc(CN)ccc21. The Labute approximate surface area is 125 Å². The van der Waals surface area contributed by atoms with Crippen LogP contribution in [0.1, 0.15) is 18.9 Å².